The van der Waals surface area contributed by atoms with E-state index in [0.29, 0.717) is 24.9 Å². The molecular weight excluding hydrogens is 238 g/mol. The third-order valence-corrected chi connectivity index (χ3v) is 3.58. The van der Waals surface area contributed by atoms with Crippen LogP contribution in [0.1, 0.15) is 5.89 Å². The summed E-state index contributed by atoms with van der Waals surface area (Å²) >= 11 is 2.02. The predicted molar refractivity (Wildman–Crippen MR) is 69.3 cm³/mol. The number of nitrogens with zero attached hydrogens (tertiary/aromatic N) is 3. The van der Waals surface area contributed by atoms with Crippen molar-refractivity contribution in [2.75, 3.05) is 49.5 Å². The highest BCUT2D eigenvalue weighted by Crippen LogP contribution is 2.09. The van der Waals surface area contributed by atoms with Crippen LogP contribution in [-0.4, -0.2) is 59.3 Å². The Bertz CT molecular complexity index is 326. The van der Waals surface area contributed by atoms with Gasteiger partial charge in [0.25, 0.3) is 0 Å². The summed E-state index contributed by atoms with van der Waals surface area (Å²) in [5.74, 6) is 3.08. The number of hydrogen-bond donors (Lipinski definition) is 2. The Kier molecular flexibility index (Phi) is 5.08. The lowest BCUT2D eigenvalue weighted by atomic mass is 10.4. The number of nitrogens with one attached hydrogen (secondary N) is 1. The third kappa shape index (κ3) is 4.18. The minimum absolute atomic E-state index is 0.500. The monoisotopic (exact) mass is 257 g/mol. The average molecular weight is 257 g/mol. The summed E-state index contributed by atoms with van der Waals surface area (Å²) in [4.78, 5) is 2.45. The van der Waals surface area contributed by atoms with Crippen LogP contribution in [0.2, 0.25) is 0 Å². The van der Waals surface area contributed by atoms with Gasteiger partial charge in [-0.1, -0.05) is 5.10 Å². The van der Waals surface area contributed by atoms with Crippen molar-refractivity contribution in [1.82, 2.24) is 15.1 Å². The summed E-state index contributed by atoms with van der Waals surface area (Å²) in [6.45, 7) is 4.75. The van der Waals surface area contributed by atoms with Gasteiger partial charge in [-0.2, -0.15) is 11.8 Å². The summed E-state index contributed by atoms with van der Waals surface area (Å²) in [6.07, 6.45) is 0.637. The first-order valence-electron chi connectivity index (χ1n) is 5.95. The molecule has 0 radical (unpaired) electrons. The van der Waals surface area contributed by atoms with Gasteiger partial charge >= 0.3 is 6.01 Å². The number of anilines is 1. The van der Waals surface area contributed by atoms with Gasteiger partial charge in [0.05, 0.1) is 0 Å². The molecule has 1 aliphatic rings. The van der Waals surface area contributed by atoms with Gasteiger partial charge in [0.15, 0.2) is 0 Å². The number of aromatic nitrogens is 2. The molecular formula is C10H19N5OS. The van der Waals surface area contributed by atoms with E-state index >= 15 is 0 Å². The van der Waals surface area contributed by atoms with Crippen LogP contribution in [-0.2, 0) is 6.42 Å². The van der Waals surface area contributed by atoms with Crippen LogP contribution in [0.15, 0.2) is 4.42 Å². The zero-order chi connectivity index (χ0) is 11.9. The fourth-order valence-electron chi connectivity index (χ4n) is 1.70. The molecule has 0 saturated carbocycles. The smallest absolute Gasteiger partial charge is 0.315 e. The maximum atomic E-state index is 5.41. The van der Waals surface area contributed by atoms with Gasteiger partial charge in [0.1, 0.15) is 0 Å². The lowest BCUT2D eigenvalue weighted by Crippen LogP contribution is -2.36. The molecule has 96 valence electrons. The van der Waals surface area contributed by atoms with E-state index in [0.717, 1.165) is 13.1 Å². The van der Waals surface area contributed by atoms with Crippen molar-refractivity contribution in [3.63, 3.8) is 0 Å². The molecule has 1 aliphatic heterocycles. The fraction of sp³-hybridized carbons (Fsp3) is 0.800. The van der Waals surface area contributed by atoms with E-state index in [4.69, 9.17) is 10.2 Å². The largest absolute Gasteiger partial charge is 0.408 e. The SMILES string of the molecule is NCCc1nnc(NCCN2CCSCC2)o1. The molecule has 0 amide bonds. The molecule has 7 heteroatoms. The summed E-state index contributed by atoms with van der Waals surface area (Å²) < 4.78 is 5.38. The van der Waals surface area contributed by atoms with Crippen molar-refractivity contribution < 1.29 is 4.42 Å². The van der Waals surface area contributed by atoms with Crippen LogP contribution < -0.4 is 11.1 Å². The molecule has 0 aliphatic carbocycles. The van der Waals surface area contributed by atoms with Crippen LogP contribution in [0, 0.1) is 0 Å². The maximum absolute atomic E-state index is 5.41. The van der Waals surface area contributed by atoms with Crippen molar-refractivity contribution in [3.8, 4) is 0 Å². The van der Waals surface area contributed by atoms with Gasteiger partial charge in [0, 0.05) is 50.7 Å². The van der Waals surface area contributed by atoms with Crippen molar-refractivity contribution >= 4 is 17.8 Å². The van der Waals surface area contributed by atoms with Crippen LogP contribution >= 0.6 is 11.8 Å². The lowest BCUT2D eigenvalue weighted by molar-refractivity contribution is 0.313. The van der Waals surface area contributed by atoms with E-state index in [1.807, 2.05) is 11.8 Å². The molecule has 2 heterocycles. The first kappa shape index (κ1) is 12.7. The molecule has 6 nitrogen and oxygen atoms in total. The van der Waals surface area contributed by atoms with Crippen LogP contribution in [0.25, 0.3) is 0 Å². The van der Waals surface area contributed by atoms with E-state index in [9.17, 15) is 0 Å². The van der Waals surface area contributed by atoms with E-state index in [2.05, 4.69) is 20.4 Å². The summed E-state index contributed by atoms with van der Waals surface area (Å²) in [5.41, 5.74) is 5.41. The Morgan fingerprint density at radius 2 is 2.18 bits per heavy atom. The lowest BCUT2D eigenvalue weighted by Gasteiger charge is -2.25. The van der Waals surface area contributed by atoms with Crippen molar-refractivity contribution in [3.05, 3.63) is 5.89 Å². The van der Waals surface area contributed by atoms with E-state index in [1.54, 1.807) is 0 Å². The van der Waals surface area contributed by atoms with Gasteiger partial charge in [-0.25, -0.2) is 0 Å². The van der Waals surface area contributed by atoms with Crippen LogP contribution in [0.5, 0.6) is 0 Å². The summed E-state index contributed by atoms with van der Waals surface area (Å²) in [5, 5.41) is 10.9. The van der Waals surface area contributed by atoms with Gasteiger partial charge in [-0.05, 0) is 0 Å². The molecule has 0 unspecified atom stereocenters. The zero-order valence-electron chi connectivity index (χ0n) is 9.89. The molecule has 1 fully saturated rings. The van der Waals surface area contributed by atoms with Crippen LogP contribution in [0.3, 0.4) is 0 Å². The second kappa shape index (κ2) is 6.83. The Balaban J connectivity index is 1.66. The minimum Gasteiger partial charge on any atom is -0.408 e. The first-order chi connectivity index (χ1) is 8.38. The fourth-order valence-corrected chi connectivity index (χ4v) is 2.67. The zero-order valence-corrected chi connectivity index (χ0v) is 10.7. The maximum Gasteiger partial charge on any atom is 0.315 e. The number of thioether (sulfide) groups is 1. The quantitative estimate of drug-likeness (QED) is 0.744. The Hall–Kier alpha value is -0.790. The summed E-state index contributed by atoms with van der Waals surface area (Å²) in [6, 6.07) is 0.500. The van der Waals surface area contributed by atoms with Gasteiger partial charge in [0.2, 0.25) is 5.89 Å². The van der Waals surface area contributed by atoms with Crippen molar-refractivity contribution in [2.24, 2.45) is 5.73 Å². The van der Waals surface area contributed by atoms with Gasteiger partial charge in [-0.15, -0.1) is 5.10 Å². The first-order valence-corrected chi connectivity index (χ1v) is 7.10. The summed E-state index contributed by atoms with van der Waals surface area (Å²) in [7, 11) is 0. The second-order valence-electron chi connectivity index (χ2n) is 3.92. The van der Waals surface area contributed by atoms with Crippen molar-refractivity contribution in [2.45, 2.75) is 6.42 Å². The molecule has 0 atom stereocenters. The molecule has 1 saturated heterocycles. The van der Waals surface area contributed by atoms with Crippen molar-refractivity contribution in [1.29, 1.82) is 0 Å². The Morgan fingerprint density at radius 1 is 1.35 bits per heavy atom. The van der Waals surface area contributed by atoms with E-state index < -0.39 is 0 Å². The molecule has 1 aromatic rings. The highest BCUT2D eigenvalue weighted by Gasteiger charge is 2.10. The molecule has 17 heavy (non-hydrogen) atoms. The topological polar surface area (TPSA) is 80.2 Å². The second-order valence-corrected chi connectivity index (χ2v) is 5.15. The van der Waals surface area contributed by atoms with Crippen LogP contribution in [0.4, 0.5) is 6.01 Å². The molecule has 3 N–H and O–H groups in total. The number of hydrogen-bond acceptors (Lipinski definition) is 7. The molecule has 0 bridgehead atoms. The number of rotatable bonds is 6. The highest BCUT2D eigenvalue weighted by molar-refractivity contribution is 7.99. The molecule has 2 rings (SSSR count). The van der Waals surface area contributed by atoms with Gasteiger partial charge < -0.3 is 15.5 Å². The van der Waals surface area contributed by atoms with E-state index in [-0.39, 0.29) is 0 Å². The minimum atomic E-state index is 0.500. The van der Waals surface area contributed by atoms with Gasteiger partial charge in [-0.3, -0.25) is 4.90 Å². The Morgan fingerprint density at radius 3 is 2.94 bits per heavy atom. The molecule has 1 aromatic heterocycles. The number of nitrogens with two attached hydrogens (primary N) is 1. The van der Waals surface area contributed by atoms with E-state index in [1.165, 1.54) is 24.6 Å². The normalized spacial score (nSPS) is 17.2. The molecule has 0 spiro atoms. The third-order valence-electron chi connectivity index (χ3n) is 2.63. The highest BCUT2D eigenvalue weighted by atomic mass is 32.2. The Labute approximate surface area is 105 Å². The average Bonchev–Trinajstić information content (AvgIpc) is 2.79. The standard InChI is InChI=1S/C10H19N5OS/c11-2-1-9-13-14-10(16-9)12-3-4-15-5-7-17-8-6-15/h1-8,11H2,(H,12,14). The predicted octanol–water partition coefficient (Wildman–Crippen LogP) is 0.0315. The molecule has 0 aromatic carbocycles.